The highest BCUT2D eigenvalue weighted by atomic mass is 16.5. The number of hydrogen-bond acceptors (Lipinski definition) is 2. The van der Waals surface area contributed by atoms with Crippen molar-refractivity contribution >= 4 is 0 Å². The van der Waals surface area contributed by atoms with Gasteiger partial charge in [0.05, 0.1) is 0 Å². The molecule has 0 radical (unpaired) electrons. The van der Waals surface area contributed by atoms with Crippen molar-refractivity contribution in [2.24, 2.45) is 11.8 Å². The Balaban J connectivity index is 1.57. The maximum atomic E-state index is 5.43. The van der Waals surface area contributed by atoms with Crippen LogP contribution in [0.25, 0.3) is 0 Å². The van der Waals surface area contributed by atoms with E-state index in [9.17, 15) is 0 Å². The number of piperidine rings is 1. The summed E-state index contributed by atoms with van der Waals surface area (Å²) in [5.74, 6) is 1.88. The van der Waals surface area contributed by atoms with Crippen molar-refractivity contribution in [3.8, 4) is 0 Å². The Morgan fingerprint density at radius 2 is 1.88 bits per heavy atom. The minimum atomic E-state index is 0.855. The van der Waals surface area contributed by atoms with Crippen LogP contribution >= 0.6 is 0 Å². The van der Waals surface area contributed by atoms with Gasteiger partial charge in [-0.2, -0.15) is 0 Å². The van der Waals surface area contributed by atoms with E-state index in [2.05, 4.69) is 11.8 Å². The maximum absolute atomic E-state index is 5.43. The molecule has 0 bridgehead atoms. The van der Waals surface area contributed by atoms with Crippen molar-refractivity contribution in [1.29, 1.82) is 0 Å². The van der Waals surface area contributed by atoms with Crippen molar-refractivity contribution in [3.05, 3.63) is 0 Å². The zero-order valence-electron chi connectivity index (χ0n) is 10.8. The molecule has 0 N–H and O–H groups in total. The van der Waals surface area contributed by atoms with Gasteiger partial charge in [-0.05, 0) is 57.2 Å². The van der Waals surface area contributed by atoms with Crippen molar-refractivity contribution in [1.82, 2.24) is 4.90 Å². The average Bonchev–Trinajstić information content (AvgIpc) is 2.82. The van der Waals surface area contributed by atoms with Gasteiger partial charge in [0, 0.05) is 13.2 Å². The summed E-state index contributed by atoms with van der Waals surface area (Å²) in [4.78, 5) is 2.67. The molecular weight excluding hydrogens is 198 g/mol. The van der Waals surface area contributed by atoms with Crippen LogP contribution in [0.15, 0.2) is 0 Å². The number of hydrogen-bond donors (Lipinski definition) is 0. The van der Waals surface area contributed by atoms with Gasteiger partial charge in [0.25, 0.3) is 0 Å². The van der Waals surface area contributed by atoms with Crippen molar-refractivity contribution in [3.63, 3.8) is 0 Å². The van der Waals surface area contributed by atoms with Crippen LogP contribution in [-0.4, -0.2) is 37.7 Å². The lowest BCUT2D eigenvalue weighted by molar-refractivity contribution is 0.156. The molecule has 0 amide bonds. The molecule has 2 nitrogen and oxygen atoms in total. The lowest BCUT2D eigenvalue weighted by Gasteiger charge is -2.32. The minimum Gasteiger partial charge on any atom is -0.381 e. The van der Waals surface area contributed by atoms with Gasteiger partial charge in [-0.25, -0.2) is 0 Å². The third-order valence-corrected chi connectivity index (χ3v) is 4.28. The van der Waals surface area contributed by atoms with E-state index < -0.39 is 0 Å². The van der Waals surface area contributed by atoms with Crippen LogP contribution in [-0.2, 0) is 4.74 Å². The molecule has 0 aliphatic carbocycles. The summed E-state index contributed by atoms with van der Waals surface area (Å²) in [6, 6.07) is 0. The number of rotatable bonds is 5. The molecule has 0 saturated carbocycles. The molecule has 2 aliphatic heterocycles. The average molecular weight is 225 g/mol. The van der Waals surface area contributed by atoms with E-state index in [4.69, 9.17) is 4.74 Å². The fourth-order valence-electron chi connectivity index (χ4n) is 3.08. The van der Waals surface area contributed by atoms with E-state index in [1.54, 1.807) is 0 Å². The van der Waals surface area contributed by atoms with Crippen LogP contribution in [0.2, 0.25) is 0 Å². The van der Waals surface area contributed by atoms with Gasteiger partial charge in [-0.3, -0.25) is 0 Å². The number of nitrogens with zero attached hydrogens (tertiary/aromatic N) is 1. The van der Waals surface area contributed by atoms with Crippen molar-refractivity contribution in [2.75, 3.05) is 32.8 Å². The minimum absolute atomic E-state index is 0.855. The van der Waals surface area contributed by atoms with E-state index in [1.165, 1.54) is 58.2 Å². The van der Waals surface area contributed by atoms with E-state index in [0.717, 1.165) is 25.0 Å². The molecule has 2 rings (SSSR count). The molecule has 2 aliphatic rings. The van der Waals surface area contributed by atoms with E-state index >= 15 is 0 Å². The quantitative estimate of drug-likeness (QED) is 0.713. The van der Waals surface area contributed by atoms with Gasteiger partial charge in [-0.15, -0.1) is 0 Å². The molecule has 0 aromatic carbocycles. The van der Waals surface area contributed by atoms with Crippen LogP contribution < -0.4 is 0 Å². The predicted octanol–water partition coefficient (Wildman–Crippen LogP) is 2.93. The predicted molar refractivity (Wildman–Crippen MR) is 67.6 cm³/mol. The molecule has 1 atom stereocenters. The lowest BCUT2D eigenvalue weighted by atomic mass is 9.92. The summed E-state index contributed by atoms with van der Waals surface area (Å²) in [5, 5.41) is 0. The molecule has 2 heteroatoms. The van der Waals surface area contributed by atoms with E-state index in [-0.39, 0.29) is 0 Å². The maximum Gasteiger partial charge on any atom is 0.0495 e. The van der Waals surface area contributed by atoms with Crippen LogP contribution in [0.4, 0.5) is 0 Å². The standard InChI is InChI=1S/C14H27NO/c1-2-3-13-4-8-15(9-5-13)10-6-14-7-11-16-12-14/h13-14H,2-12H2,1H3. The van der Waals surface area contributed by atoms with Crippen LogP contribution in [0.5, 0.6) is 0 Å². The fraction of sp³-hybridized carbons (Fsp3) is 1.00. The van der Waals surface area contributed by atoms with Gasteiger partial charge < -0.3 is 9.64 Å². The Labute approximate surface area is 100 Å². The number of ether oxygens (including phenoxy) is 1. The summed E-state index contributed by atoms with van der Waals surface area (Å²) < 4.78 is 5.43. The Hall–Kier alpha value is -0.0800. The van der Waals surface area contributed by atoms with Crippen LogP contribution in [0, 0.1) is 11.8 Å². The molecule has 1 unspecified atom stereocenters. The van der Waals surface area contributed by atoms with Crippen LogP contribution in [0.1, 0.15) is 45.4 Å². The van der Waals surface area contributed by atoms with Gasteiger partial charge in [-0.1, -0.05) is 19.8 Å². The zero-order chi connectivity index (χ0) is 11.2. The summed E-state index contributed by atoms with van der Waals surface area (Å²) in [5.41, 5.74) is 0. The van der Waals surface area contributed by atoms with Gasteiger partial charge in [0.1, 0.15) is 0 Å². The Morgan fingerprint density at radius 1 is 1.06 bits per heavy atom. The Bertz CT molecular complexity index is 181. The van der Waals surface area contributed by atoms with Crippen molar-refractivity contribution < 1.29 is 4.74 Å². The van der Waals surface area contributed by atoms with Crippen LogP contribution in [0.3, 0.4) is 0 Å². The second-order valence-corrected chi connectivity index (χ2v) is 5.59. The molecule has 2 fully saturated rings. The third kappa shape index (κ3) is 3.74. The monoisotopic (exact) mass is 225 g/mol. The fourth-order valence-corrected chi connectivity index (χ4v) is 3.08. The molecule has 94 valence electrons. The van der Waals surface area contributed by atoms with Gasteiger partial charge in [0.2, 0.25) is 0 Å². The highest BCUT2D eigenvalue weighted by molar-refractivity contribution is 4.74. The Kier molecular flexibility index (Phi) is 5.11. The smallest absolute Gasteiger partial charge is 0.0495 e. The first-order chi connectivity index (χ1) is 7.88. The second-order valence-electron chi connectivity index (χ2n) is 5.59. The normalized spacial score (nSPS) is 28.7. The topological polar surface area (TPSA) is 12.5 Å². The highest BCUT2D eigenvalue weighted by Gasteiger charge is 2.20. The first kappa shape index (κ1) is 12.4. The zero-order valence-corrected chi connectivity index (χ0v) is 10.8. The molecule has 0 aromatic heterocycles. The first-order valence-corrected chi connectivity index (χ1v) is 7.18. The summed E-state index contributed by atoms with van der Waals surface area (Å²) in [6.45, 7) is 8.34. The second kappa shape index (κ2) is 6.61. The van der Waals surface area contributed by atoms with Gasteiger partial charge in [0.15, 0.2) is 0 Å². The lowest BCUT2D eigenvalue weighted by Crippen LogP contribution is -2.35. The third-order valence-electron chi connectivity index (χ3n) is 4.28. The summed E-state index contributed by atoms with van der Waals surface area (Å²) >= 11 is 0. The summed E-state index contributed by atoms with van der Waals surface area (Å²) in [7, 11) is 0. The van der Waals surface area contributed by atoms with Gasteiger partial charge >= 0.3 is 0 Å². The Morgan fingerprint density at radius 3 is 2.50 bits per heavy atom. The van der Waals surface area contributed by atoms with E-state index in [1.807, 2.05) is 0 Å². The molecule has 0 spiro atoms. The largest absolute Gasteiger partial charge is 0.381 e. The first-order valence-electron chi connectivity index (χ1n) is 7.18. The molecule has 16 heavy (non-hydrogen) atoms. The molecule has 0 aromatic rings. The van der Waals surface area contributed by atoms with E-state index in [0.29, 0.717) is 0 Å². The molecule has 2 saturated heterocycles. The molecule has 2 heterocycles. The highest BCUT2D eigenvalue weighted by Crippen LogP contribution is 2.23. The molecular formula is C14H27NO. The number of likely N-dealkylation sites (tertiary alicyclic amines) is 1. The summed E-state index contributed by atoms with van der Waals surface area (Å²) in [6.07, 6.45) is 8.35. The SMILES string of the molecule is CCCC1CCN(CCC2CCOC2)CC1. The van der Waals surface area contributed by atoms with Crippen molar-refractivity contribution in [2.45, 2.75) is 45.4 Å².